The molecule has 3 aliphatic rings. The summed E-state index contributed by atoms with van der Waals surface area (Å²) in [6.07, 6.45) is 2.98. The molecule has 0 aromatic heterocycles. The van der Waals surface area contributed by atoms with Crippen molar-refractivity contribution in [3.63, 3.8) is 0 Å². The molecule has 0 fully saturated rings. The van der Waals surface area contributed by atoms with Crippen LogP contribution in [-0.4, -0.2) is 24.3 Å². The SMILES string of the molecule is Cc1ccc(C2C3=C(CC(C)(C)CC3=O)Nc3ccccc3N2CC(=O)NC2Cc3ccccc3C2)cc1. The van der Waals surface area contributed by atoms with Crippen LogP contribution in [0.3, 0.4) is 0 Å². The second kappa shape index (κ2) is 9.46. The lowest BCUT2D eigenvalue weighted by molar-refractivity contribution is -0.121. The first-order valence-corrected chi connectivity index (χ1v) is 13.6. The number of fused-ring (bicyclic) bond motifs is 2. The minimum atomic E-state index is -0.350. The number of rotatable bonds is 4. The van der Waals surface area contributed by atoms with E-state index in [0.717, 1.165) is 53.0 Å². The topological polar surface area (TPSA) is 61.4 Å². The molecule has 0 saturated carbocycles. The minimum Gasteiger partial charge on any atom is -0.357 e. The highest BCUT2D eigenvalue weighted by Gasteiger charge is 2.42. The number of carbonyl (C=O) groups is 2. The third-order valence-corrected chi connectivity index (χ3v) is 8.13. The van der Waals surface area contributed by atoms with Gasteiger partial charge in [0.2, 0.25) is 5.91 Å². The lowest BCUT2D eigenvalue weighted by atomic mass is 9.73. The van der Waals surface area contributed by atoms with E-state index in [1.54, 1.807) is 0 Å². The van der Waals surface area contributed by atoms with Crippen LogP contribution in [0.5, 0.6) is 0 Å². The molecule has 1 heterocycles. The summed E-state index contributed by atoms with van der Waals surface area (Å²) in [7, 11) is 0. The molecule has 5 nitrogen and oxygen atoms in total. The van der Waals surface area contributed by atoms with Crippen molar-refractivity contribution in [1.82, 2.24) is 5.32 Å². The van der Waals surface area contributed by atoms with E-state index in [4.69, 9.17) is 0 Å². The van der Waals surface area contributed by atoms with Gasteiger partial charge in [-0.15, -0.1) is 0 Å². The molecule has 2 aliphatic carbocycles. The van der Waals surface area contributed by atoms with Crippen LogP contribution in [0.4, 0.5) is 11.4 Å². The number of nitrogens with zero attached hydrogens (tertiary/aromatic N) is 1. The Hall–Kier alpha value is -3.86. The van der Waals surface area contributed by atoms with E-state index in [0.29, 0.717) is 6.42 Å². The fraction of sp³-hybridized carbons (Fsp3) is 0.333. The number of hydrogen-bond donors (Lipinski definition) is 2. The molecule has 0 saturated heterocycles. The van der Waals surface area contributed by atoms with Crippen LogP contribution in [0.25, 0.3) is 0 Å². The molecule has 0 bridgehead atoms. The Labute approximate surface area is 224 Å². The molecule has 3 aromatic rings. The van der Waals surface area contributed by atoms with E-state index in [1.807, 2.05) is 18.2 Å². The number of aryl methyl sites for hydroxylation is 1. The van der Waals surface area contributed by atoms with Gasteiger partial charge in [-0.1, -0.05) is 80.1 Å². The highest BCUT2D eigenvalue weighted by molar-refractivity contribution is 6.01. The van der Waals surface area contributed by atoms with Gasteiger partial charge in [0.05, 0.1) is 24.0 Å². The number of nitrogens with one attached hydrogen (secondary N) is 2. The normalized spacial score (nSPS) is 20.2. The van der Waals surface area contributed by atoms with Crippen molar-refractivity contribution in [3.05, 3.63) is 106 Å². The molecule has 1 atom stereocenters. The van der Waals surface area contributed by atoms with Crippen LogP contribution >= 0.6 is 0 Å². The highest BCUT2D eigenvalue weighted by atomic mass is 16.2. The Morgan fingerprint density at radius 1 is 0.947 bits per heavy atom. The largest absolute Gasteiger partial charge is 0.357 e. The second-order valence-electron chi connectivity index (χ2n) is 11.9. The zero-order chi connectivity index (χ0) is 26.4. The van der Waals surface area contributed by atoms with Crippen molar-refractivity contribution in [1.29, 1.82) is 0 Å². The van der Waals surface area contributed by atoms with E-state index in [1.165, 1.54) is 11.1 Å². The number of allylic oxidation sites excluding steroid dienone is 1. The Morgan fingerprint density at radius 2 is 1.61 bits per heavy atom. The molecular weight excluding hydrogens is 470 g/mol. The van der Waals surface area contributed by atoms with E-state index >= 15 is 0 Å². The summed E-state index contributed by atoms with van der Waals surface area (Å²) in [5.41, 5.74) is 8.30. The van der Waals surface area contributed by atoms with Gasteiger partial charge in [-0.25, -0.2) is 0 Å². The summed E-state index contributed by atoms with van der Waals surface area (Å²) in [6.45, 7) is 6.53. The maximum absolute atomic E-state index is 13.8. The molecule has 0 spiro atoms. The number of para-hydroxylation sites is 2. The molecule has 38 heavy (non-hydrogen) atoms. The number of Topliss-reactive ketones (excluding diaryl/α,β-unsaturated/α-hetero) is 1. The third-order valence-electron chi connectivity index (χ3n) is 8.13. The molecule has 6 rings (SSSR count). The summed E-state index contributed by atoms with van der Waals surface area (Å²) in [4.78, 5) is 29.6. The van der Waals surface area contributed by atoms with Gasteiger partial charge in [0.25, 0.3) is 0 Å². The van der Waals surface area contributed by atoms with E-state index in [-0.39, 0.29) is 35.7 Å². The summed E-state index contributed by atoms with van der Waals surface area (Å²) in [5, 5.41) is 6.93. The van der Waals surface area contributed by atoms with Gasteiger partial charge < -0.3 is 15.5 Å². The predicted octanol–water partition coefficient (Wildman–Crippen LogP) is 5.90. The molecule has 1 aliphatic heterocycles. The lowest BCUT2D eigenvalue weighted by Crippen LogP contribution is -2.45. The van der Waals surface area contributed by atoms with Crippen LogP contribution in [0.1, 0.15) is 55.0 Å². The fourth-order valence-corrected chi connectivity index (χ4v) is 6.41. The number of benzene rings is 3. The molecular formula is C33H35N3O2. The van der Waals surface area contributed by atoms with Gasteiger partial charge >= 0.3 is 0 Å². The Kier molecular flexibility index (Phi) is 6.10. The van der Waals surface area contributed by atoms with Gasteiger partial charge in [-0.2, -0.15) is 0 Å². The quantitative estimate of drug-likeness (QED) is 0.464. The van der Waals surface area contributed by atoms with Crippen molar-refractivity contribution in [2.45, 2.75) is 58.5 Å². The van der Waals surface area contributed by atoms with Gasteiger partial charge in [0.15, 0.2) is 5.78 Å². The van der Waals surface area contributed by atoms with Crippen molar-refractivity contribution in [2.75, 3.05) is 16.8 Å². The van der Waals surface area contributed by atoms with Crippen LogP contribution in [0.2, 0.25) is 0 Å². The van der Waals surface area contributed by atoms with Crippen LogP contribution < -0.4 is 15.5 Å². The van der Waals surface area contributed by atoms with Crippen LogP contribution in [0.15, 0.2) is 84.1 Å². The number of anilines is 2. The Morgan fingerprint density at radius 3 is 2.32 bits per heavy atom. The number of carbonyl (C=O) groups excluding carboxylic acids is 2. The first-order chi connectivity index (χ1) is 18.3. The van der Waals surface area contributed by atoms with Crippen molar-refractivity contribution >= 4 is 23.1 Å². The summed E-state index contributed by atoms with van der Waals surface area (Å²) < 4.78 is 0. The average molecular weight is 506 g/mol. The highest BCUT2D eigenvalue weighted by Crippen LogP contribution is 2.48. The molecule has 194 valence electrons. The minimum absolute atomic E-state index is 0.0256. The molecule has 3 aromatic carbocycles. The number of hydrogen-bond acceptors (Lipinski definition) is 4. The van der Waals surface area contributed by atoms with E-state index in [2.05, 4.69) is 90.9 Å². The van der Waals surface area contributed by atoms with Gasteiger partial charge in [0, 0.05) is 23.7 Å². The molecule has 0 radical (unpaired) electrons. The van der Waals surface area contributed by atoms with Gasteiger partial charge in [-0.05, 0) is 60.4 Å². The van der Waals surface area contributed by atoms with Crippen LogP contribution in [0, 0.1) is 12.3 Å². The smallest absolute Gasteiger partial charge is 0.239 e. The first kappa shape index (κ1) is 24.5. The third kappa shape index (κ3) is 4.62. The maximum Gasteiger partial charge on any atom is 0.239 e. The monoisotopic (exact) mass is 505 g/mol. The fourth-order valence-electron chi connectivity index (χ4n) is 6.41. The number of amides is 1. The molecule has 2 N–H and O–H groups in total. The first-order valence-electron chi connectivity index (χ1n) is 13.6. The van der Waals surface area contributed by atoms with Gasteiger partial charge in [0.1, 0.15) is 0 Å². The van der Waals surface area contributed by atoms with Crippen molar-refractivity contribution in [3.8, 4) is 0 Å². The number of ketones is 1. The van der Waals surface area contributed by atoms with E-state index in [9.17, 15) is 9.59 Å². The zero-order valence-corrected chi connectivity index (χ0v) is 22.4. The predicted molar refractivity (Wildman–Crippen MR) is 152 cm³/mol. The Balaban J connectivity index is 1.39. The second-order valence-corrected chi connectivity index (χ2v) is 11.9. The lowest BCUT2D eigenvalue weighted by Gasteiger charge is -2.38. The van der Waals surface area contributed by atoms with Crippen molar-refractivity contribution < 1.29 is 9.59 Å². The molecule has 5 heteroatoms. The summed E-state index contributed by atoms with van der Waals surface area (Å²) in [5.74, 6) is 0.126. The average Bonchev–Trinajstić information content (AvgIpc) is 3.22. The molecule has 1 unspecified atom stereocenters. The Bertz CT molecular complexity index is 1410. The van der Waals surface area contributed by atoms with Gasteiger partial charge in [-0.3, -0.25) is 9.59 Å². The van der Waals surface area contributed by atoms with Crippen LogP contribution in [-0.2, 0) is 22.4 Å². The van der Waals surface area contributed by atoms with Crippen molar-refractivity contribution in [2.24, 2.45) is 5.41 Å². The zero-order valence-electron chi connectivity index (χ0n) is 22.4. The van der Waals surface area contributed by atoms with E-state index < -0.39 is 0 Å². The summed E-state index contributed by atoms with van der Waals surface area (Å²) in [6, 6.07) is 24.6. The summed E-state index contributed by atoms with van der Waals surface area (Å²) >= 11 is 0. The standard InChI is InChI=1S/C33H35N3O2/c1-21-12-14-22(15-13-21)32-31-27(18-33(2,3)19-29(31)37)35-26-10-6-7-11-28(26)36(32)20-30(38)34-25-16-23-8-4-5-9-24(23)17-25/h4-15,25,32,35H,16-20H2,1-3H3,(H,34,38). The molecule has 1 amide bonds. The maximum atomic E-state index is 13.8.